The molecule has 2 aromatic rings. The van der Waals surface area contributed by atoms with Crippen LogP contribution in [0.3, 0.4) is 0 Å². The van der Waals surface area contributed by atoms with Crippen LogP contribution in [-0.2, 0) is 9.84 Å². The van der Waals surface area contributed by atoms with Crippen LogP contribution in [-0.4, -0.2) is 40.2 Å². The van der Waals surface area contributed by atoms with Crippen LogP contribution in [0, 0.1) is 17.6 Å². The maximum Gasteiger partial charge on any atom is 0.251 e. The first-order chi connectivity index (χ1) is 12.7. The maximum absolute atomic E-state index is 13.4. The van der Waals surface area contributed by atoms with Gasteiger partial charge in [0.2, 0.25) is 0 Å². The normalized spacial score (nSPS) is 17.1. The van der Waals surface area contributed by atoms with E-state index in [1.54, 1.807) is 6.07 Å². The highest BCUT2D eigenvalue weighted by molar-refractivity contribution is 7.90. The Morgan fingerprint density at radius 3 is 2.48 bits per heavy atom. The van der Waals surface area contributed by atoms with Gasteiger partial charge in [-0.2, -0.15) is 0 Å². The highest BCUT2D eigenvalue weighted by Gasteiger charge is 2.24. The molecular formula is C19H20F2N2O3S. The van der Waals surface area contributed by atoms with Gasteiger partial charge in [0.1, 0.15) is 0 Å². The zero-order valence-electron chi connectivity index (χ0n) is 14.8. The molecule has 1 saturated heterocycles. The summed E-state index contributed by atoms with van der Waals surface area (Å²) in [7, 11) is -3.30. The number of sulfone groups is 1. The van der Waals surface area contributed by atoms with Crippen LogP contribution in [0.4, 0.5) is 14.5 Å². The molecule has 5 nitrogen and oxygen atoms in total. The lowest BCUT2D eigenvalue weighted by molar-refractivity contribution is 0.0948. The van der Waals surface area contributed by atoms with Gasteiger partial charge in [-0.1, -0.05) is 0 Å². The minimum Gasteiger partial charge on any atom is -0.371 e. The molecule has 0 spiro atoms. The van der Waals surface area contributed by atoms with E-state index >= 15 is 0 Å². The lowest BCUT2D eigenvalue weighted by atomic mass is 10.1. The summed E-state index contributed by atoms with van der Waals surface area (Å²) < 4.78 is 49.3. The van der Waals surface area contributed by atoms with Gasteiger partial charge in [-0.15, -0.1) is 0 Å². The molecule has 1 atom stereocenters. The van der Waals surface area contributed by atoms with Crippen molar-refractivity contribution >= 4 is 21.4 Å². The number of hydrogen-bond donors (Lipinski definition) is 1. The third-order valence-electron chi connectivity index (χ3n) is 4.65. The summed E-state index contributed by atoms with van der Waals surface area (Å²) in [5, 5.41) is 2.84. The van der Waals surface area contributed by atoms with E-state index in [9.17, 15) is 22.0 Å². The standard InChI is InChI=1S/C19H20F2N2O3S/c1-27(25,26)16-5-2-14(3-6-16)19(24)22-11-13-8-9-23(12-13)15-4-7-17(20)18(21)10-15/h2-7,10,13H,8-9,11-12H2,1H3,(H,22,24). The Morgan fingerprint density at radius 2 is 1.85 bits per heavy atom. The number of nitrogens with zero attached hydrogens (tertiary/aromatic N) is 1. The number of anilines is 1. The summed E-state index contributed by atoms with van der Waals surface area (Å²) >= 11 is 0. The van der Waals surface area contributed by atoms with Crippen LogP contribution in [0.15, 0.2) is 47.4 Å². The van der Waals surface area contributed by atoms with Gasteiger partial charge in [-0.05, 0) is 48.7 Å². The van der Waals surface area contributed by atoms with Crippen molar-refractivity contribution in [2.24, 2.45) is 5.92 Å². The summed E-state index contributed by atoms with van der Waals surface area (Å²) in [5.74, 6) is -1.83. The average Bonchev–Trinajstić information content (AvgIpc) is 3.10. The van der Waals surface area contributed by atoms with E-state index in [4.69, 9.17) is 0 Å². The highest BCUT2D eigenvalue weighted by Crippen LogP contribution is 2.25. The first kappa shape index (κ1) is 19.3. The molecule has 0 radical (unpaired) electrons. The number of carbonyl (C=O) groups is 1. The van der Waals surface area contributed by atoms with Crippen molar-refractivity contribution in [3.8, 4) is 0 Å². The predicted octanol–water partition coefficient (Wildman–Crippen LogP) is 2.62. The van der Waals surface area contributed by atoms with E-state index in [-0.39, 0.29) is 16.7 Å². The van der Waals surface area contributed by atoms with E-state index in [0.717, 1.165) is 18.7 Å². The minimum atomic E-state index is -3.30. The van der Waals surface area contributed by atoms with Crippen LogP contribution < -0.4 is 10.2 Å². The molecule has 0 bridgehead atoms. The van der Waals surface area contributed by atoms with Gasteiger partial charge < -0.3 is 10.2 Å². The molecule has 1 aliphatic heterocycles. The van der Waals surface area contributed by atoms with Gasteiger partial charge in [0, 0.05) is 43.2 Å². The quantitative estimate of drug-likeness (QED) is 0.847. The van der Waals surface area contributed by atoms with Crippen molar-refractivity contribution in [2.45, 2.75) is 11.3 Å². The molecule has 0 aromatic heterocycles. The average molecular weight is 394 g/mol. The second-order valence-electron chi connectivity index (χ2n) is 6.71. The predicted molar refractivity (Wildman–Crippen MR) is 98.6 cm³/mol. The second-order valence-corrected chi connectivity index (χ2v) is 8.72. The first-order valence-electron chi connectivity index (χ1n) is 8.52. The summed E-state index contributed by atoms with van der Waals surface area (Å²) in [5.41, 5.74) is 1.01. The van der Waals surface area contributed by atoms with E-state index in [2.05, 4.69) is 5.32 Å². The molecule has 2 aromatic carbocycles. The number of halogens is 2. The molecule has 1 amide bonds. The van der Waals surface area contributed by atoms with Crippen molar-refractivity contribution in [1.82, 2.24) is 5.32 Å². The topological polar surface area (TPSA) is 66.5 Å². The van der Waals surface area contributed by atoms with E-state index < -0.39 is 21.5 Å². The van der Waals surface area contributed by atoms with Crippen molar-refractivity contribution in [1.29, 1.82) is 0 Å². The molecule has 1 aliphatic rings. The van der Waals surface area contributed by atoms with Gasteiger partial charge in [0.05, 0.1) is 4.90 Å². The Balaban J connectivity index is 1.54. The molecule has 27 heavy (non-hydrogen) atoms. The molecule has 8 heteroatoms. The Labute approximate surface area is 156 Å². The fraction of sp³-hybridized carbons (Fsp3) is 0.316. The third kappa shape index (κ3) is 4.63. The third-order valence-corrected chi connectivity index (χ3v) is 5.78. The number of hydrogen-bond acceptors (Lipinski definition) is 4. The Hall–Kier alpha value is -2.48. The monoisotopic (exact) mass is 394 g/mol. The maximum atomic E-state index is 13.4. The molecule has 144 valence electrons. The number of benzene rings is 2. The molecule has 3 rings (SSSR count). The van der Waals surface area contributed by atoms with Crippen molar-refractivity contribution < 1.29 is 22.0 Å². The van der Waals surface area contributed by atoms with Gasteiger partial charge in [0.15, 0.2) is 21.5 Å². The number of rotatable bonds is 5. The van der Waals surface area contributed by atoms with Crippen LogP contribution >= 0.6 is 0 Å². The van der Waals surface area contributed by atoms with Crippen molar-refractivity contribution in [3.05, 3.63) is 59.7 Å². The second kappa shape index (κ2) is 7.64. The van der Waals surface area contributed by atoms with Crippen molar-refractivity contribution in [2.75, 3.05) is 30.8 Å². The highest BCUT2D eigenvalue weighted by atomic mass is 32.2. The SMILES string of the molecule is CS(=O)(=O)c1ccc(C(=O)NCC2CCN(c3ccc(F)c(F)c3)C2)cc1. The fourth-order valence-corrected chi connectivity index (χ4v) is 3.74. The molecule has 1 unspecified atom stereocenters. The number of nitrogens with one attached hydrogen (secondary N) is 1. The largest absolute Gasteiger partial charge is 0.371 e. The van der Waals surface area contributed by atoms with Crippen LogP contribution in [0.2, 0.25) is 0 Å². The molecule has 1 N–H and O–H groups in total. The number of carbonyl (C=O) groups excluding carboxylic acids is 1. The summed E-state index contributed by atoms with van der Waals surface area (Å²) in [4.78, 5) is 14.4. The molecule has 1 heterocycles. The smallest absolute Gasteiger partial charge is 0.251 e. The Kier molecular flexibility index (Phi) is 5.46. The summed E-state index contributed by atoms with van der Waals surface area (Å²) in [6.07, 6.45) is 1.94. The van der Waals surface area contributed by atoms with Gasteiger partial charge in [-0.3, -0.25) is 4.79 Å². The minimum absolute atomic E-state index is 0.164. The van der Waals surface area contributed by atoms with Crippen molar-refractivity contribution in [3.63, 3.8) is 0 Å². The van der Waals surface area contributed by atoms with Crippen LogP contribution in [0.5, 0.6) is 0 Å². The number of amides is 1. The van der Waals surface area contributed by atoms with Gasteiger partial charge >= 0.3 is 0 Å². The van der Waals surface area contributed by atoms with E-state index in [0.29, 0.717) is 30.9 Å². The molecule has 0 saturated carbocycles. The zero-order chi connectivity index (χ0) is 19.6. The van der Waals surface area contributed by atoms with Gasteiger partial charge in [0.25, 0.3) is 5.91 Å². The molecule has 0 aliphatic carbocycles. The summed E-state index contributed by atoms with van der Waals surface area (Å²) in [6, 6.07) is 9.61. The Bertz CT molecular complexity index is 946. The first-order valence-corrected chi connectivity index (χ1v) is 10.4. The lowest BCUT2D eigenvalue weighted by Crippen LogP contribution is -2.31. The lowest BCUT2D eigenvalue weighted by Gasteiger charge is -2.19. The Morgan fingerprint density at radius 1 is 1.15 bits per heavy atom. The molecule has 1 fully saturated rings. The van der Waals surface area contributed by atoms with Crippen LogP contribution in [0.25, 0.3) is 0 Å². The van der Waals surface area contributed by atoms with Crippen LogP contribution in [0.1, 0.15) is 16.8 Å². The van der Waals surface area contributed by atoms with E-state index in [1.165, 1.54) is 30.3 Å². The van der Waals surface area contributed by atoms with Gasteiger partial charge in [-0.25, -0.2) is 17.2 Å². The molecular weight excluding hydrogens is 374 g/mol. The fourth-order valence-electron chi connectivity index (χ4n) is 3.11. The zero-order valence-corrected chi connectivity index (χ0v) is 15.6. The summed E-state index contributed by atoms with van der Waals surface area (Å²) in [6.45, 7) is 1.79. The van der Waals surface area contributed by atoms with E-state index in [1.807, 2.05) is 4.90 Å².